The molecule has 1 amide bonds. The summed E-state index contributed by atoms with van der Waals surface area (Å²) in [6.45, 7) is 2.02. The molecule has 0 bridgehead atoms. The lowest BCUT2D eigenvalue weighted by molar-refractivity contribution is -0.605. The number of aromatic nitrogens is 2. The summed E-state index contributed by atoms with van der Waals surface area (Å²) in [5, 5.41) is 11.1. The second kappa shape index (κ2) is 7.19. The highest BCUT2D eigenvalue weighted by Crippen LogP contribution is 2.29. The van der Waals surface area contributed by atoms with Crippen LogP contribution in [-0.2, 0) is 6.18 Å². The van der Waals surface area contributed by atoms with Gasteiger partial charge in [0, 0.05) is 44.5 Å². The Bertz CT molecular complexity index is 763. The second-order valence-electron chi connectivity index (χ2n) is 5.98. The van der Waals surface area contributed by atoms with Gasteiger partial charge < -0.3 is 15.0 Å². The van der Waals surface area contributed by atoms with Crippen LogP contribution in [0.3, 0.4) is 0 Å². The van der Waals surface area contributed by atoms with Crippen LogP contribution >= 0.6 is 0 Å². The van der Waals surface area contributed by atoms with E-state index in [9.17, 15) is 23.2 Å². The second-order valence-corrected chi connectivity index (χ2v) is 5.98. The van der Waals surface area contributed by atoms with E-state index in [1.807, 2.05) is 4.90 Å². The summed E-state index contributed by atoms with van der Waals surface area (Å²) in [6, 6.07) is 5.30. The number of halogens is 3. The molecule has 6 nitrogen and oxygen atoms in total. The molecule has 0 atom stereocenters. The fourth-order valence-corrected chi connectivity index (χ4v) is 2.83. The van der Waals surface area contributed by atoms with E-state index in [0.717, 1.165) is 12.3 Å². The molecule has 3 heterocycles. The maximum Gasteiger partial charge on any atom is 0.417 e. The van der Waals surface area contributed by atoms with Crippen molar-refractivity contribution in [2.75, 3.05) is 31.1 Å². The Kier molecular flexibility index (Phi) is 4.97. The third-order valence-electron chi connectivity index (χ3n) is 4.23. The van der Waals surface area contributed by atoms with Crippen LogP contribution in [0.5, 0.6) is 0 Å². The van der Waals surface area contributed by atoms with E-state index in [2.05, 4.69) is 4.98 Å². The van der Waals surface area contributed by atoms with Gasteiger partial charge in [0.1, 0.15) is 5.82 Å². The molecule has 0 unspecified atom stereocenters. The highest BCUT2D eigenvalue weighted by Gasteiger charge is 2.31. The van der Waals surface area contributed by atoms with Gasteiger partial charge in [-0.05, 0) is 18.6 Å². The Labute approximate surface area is 148 Å². The van der Waals surface area contributed by atoms with Crippen molar-refractivity contribution in [3.8, 4) is 0 Å². The molecule has 0 saturated carbocycles. The van der Waals surface area contributed by atoms with Gasteiger partial charge in [-0.2, -0.15) is 17.9 Å². The van der Waals surface area contributed by atoms with E-state index < -0.39 is 11.7 Å². The summed E-state index contributed by atoms with van der Waals surface area (Å²) in [5.41, 5.74) is -0.356. The molecular weight excluding hydrogens is 349 g/mol. The minimum absolute atomic E-state index is 0.173. The molecular formula is C17H17F3N4O2. The van der Waals surface area contributed by atoms with Gasteiger partial charge in [0.25, 0.3) is 5.91 Å². The summed E-state index contributed by atoms with van der Waals surface area (Å²) >= 11 is 0. The summed E-state index contributed by atoms with van der Waals surface area (Å²) in [5.74, 6) is 0.284. The number of hydrogen-bond acceptors (Lipinski definition) is 4. The van der Waals surface area contributed by atoms with Crippen molar-refractivity contribution in [1.82, 2.24) is 9.88 Å². The third kappa shape index (κ3) is 4.04. The number of hydrogen-bond donors (Lipinski definition) is 0. The molecule has 1 fully saturated rings. The zero-order valence-corrected chi connectivity index (χ0v) is 13.8. The van der Waals surface area contributed by atoms with Crippen LogP contribution in [0.25, 0.3) is 0 Å². The van der Waals surface area contributed by atoms with Crippen molar-refractivity contribution in [2.24, 2.45) is 0 Å². The highest BCUT2D eigenvalue weighted by molar-refractivity contribution is 5.94. The number of anilines is 1. The van der Waals surface area contributed by atoms with Crippen molar-refractivity contribution >= 4 is 11.7 Å². The van der Waals surface area contributed by atoms with Crippen LogP contribution in [-0.4, -0.2) is 42.0 Å². The third-order valence-corrected chi connectivity index (χ3v) is 4.23. The van der Waals surface area contributed by atoms with Crippen molar-refractivity contribution < 1.29 is 22.7 Å². The van der Waals surface area contributed by atoms with Crippen LogP contribution in [0, 0.1) is 5.21 Å². The molecule has 0 spiro atoms. The molecule has 2 aromatic rings. The molecule has 0 aliphatic carbocycles. The summed E-state index contributed by atoms with van der Waals surface area (Å²) in [4.78, 5) is 20.0. The van der Waals surface area contributed by atoms with Gasteiger partial charge in [0.05, 0.1) is 11.1 Å². The quantitative estimate of drug-likeness (QED) is 0.603. The summed E-state index contributed by atoms with van der Waals surface area (Å²) in [6.07, 6.45) is -0.382. The van der Waals surface area contributed by atoms with Gasteiger partial charge in [-0.3, -0.25) is 4.79 Å². The van der Waals surface area contributed by atoms with Gasteiger partial charge in [0.15, 0.2) is 12.4 Å². The van der Waals surface area contributed by atoms with E-state index in [-0.39, 0.29) is 5.91 Å². The minimum atomic E-state index is -4.41. The van der Waals surface area contributed by atoms with Gasteiger partial charge in [-0.1, -0.05) is 0 Å². The molecule has 1 saturated heterocycles. The predicted molar refractivity (Wildman–Crippen MR) is 87.4 cm³/mol. The van der Waals surface area contributed by atoms with Gasteiger partial charge in [-0.15, -0.1) is 0 Å². The normalized spacial score (nSPS) is 15.7. The largest absolute Gasteiger partial charge is 0.619 e. The number of rotatable bonds is 2. The number of carbonyl (C=O) groups is 1. The van der Waals surface area contributed by atoms with Crippen LogP contribution in [0.2, 0.25) is 0 Å². The molecule has 9 heteroatoms. The monoisotopic (exact) mass is 366 g/mol. The van der Waals surface area contributed by atoms with Crippen molar-refractivity contribution in [3.63, 3.8) is 0 Å². The minimum Gasteiger partial charge on any atom is -0.619 e. The molecule has 0 N–H and O–H groups in total. The first-order valence-electron chi connectivity index (χ1n) is 8.11. The van der Waals surface area contributed by atoms with E-state index in [1.54, 1.807) is 4.90 Å². The molecule has 3 rings (SSSR count). The first-order valence-corrected chi connectivity index (χ1v) is 8.11. The van der Waals surface area contributed by atoms with Crippen LogP contribution in [0.1, 0.15) is 22.3 Å². The van der Waals surface area contributed by atoms with Gasteiger partial charge in [0.2, 0.25) is 0 Å². The number of amides is 1. The Morgan fingerprint density at radius 3 is 2.42 bits per heavy atom. The number of nitrogens with zero attached hydrogens (tertiary/aromatic N) is 4. The number of alkyl halides is 3. The lowest BCUT2D eigenvalue weighted by Gasteiger charge is -2.23. The van der Waals surface area contributed by atoms with Crippen molar-refractivity contribution in [1.29, 1.82) is 0 Å². The highest BCUT2D eigenvalue weighted by atomic mass is 19.4. The summed E-state index contributed by atoms with van der Waals surface area (Å²) < 4.78 is 38.5. The van der Waals surface area contributed by atoms with E-state index >= 15 is 0 Å². The zero-order chi connectivity index (χ0) is 18.7. The molecule has 0 radical (unpaired) electrons. The zero-order valence-electron chi connectivity index (χ0n) is 13.8. The van der Waals surface area contributed by atoms with E-state index in [4.69, 9.17) is 0 Å². The lowest BCUT2D eigenvalue weighted by atomic mass is 10.2. The Hall–Kier alpha value is -2.84. The predicted octanol–water partition coefficient (Wildman–Crippen LogP) is 2.09. The standard InChI is InChI=1S/C17H17F3N4O2/c18-17(19,20)14-2-3-15(21-12-14)22-6-1-7-23(11-10-22)16(25)13-4-8-24(26)9-5-13/h2-5,8-9,12H,1,6-7,10-11H2. The molecule has 1 aliphatic rings. The fourth-order valence-electron chi connectivity index (χ4n) is 2.83. The Morgan fingerprint density at radius 1 is 1.08 bits per heavy atom. The first-order chi connectivity index (χ1) is 12.3. The molecule has 1 aliphatic heterocycles. The Morgan fingerprint density at radius 2 is 1.81 bits per heavy atom. The maximum atomic E-state index is 12.6. The topological polar surface area (TPSA) is 63.4 Å². The van der Waals surface area contributed by atoms with Crippen LogP contribution < -0.4 is 9.63 Å². The average molecular weight is 366 g/mol. The fraction of sp³-hybridized carbons (Fsp3) is 0.353. The van der Waals surface area contributed by atoms with Crippen molar-refractivity contribution in [3.05, 3.63) is 59.2 Å². The first kappa shape index (κ1) is 18.0. The van der Waals surface area contributed by atoms with Gasteiger partial charge in [-0.25, -0.2) is 4.98 Å². The number of carbonyl (C=O) groups excluding carboxylic acids is 1. The van der Waals surface area contributed by atoms with E-state index in [0.29, 0.717) is 48.7 Å². The van der Waals surface area contributed by atoms with Crippen LogP contribution in [0.4, 0.5) is 19.0 Å². The van der Waals surface area contributed by atoms with Gasteiger partial charge >= 0.3 is 6.18 Å². The Balaban J connectivity index is 1.66. The maximum absolute atomic E-state index is 12.6. The molecule has 138 valence electrons. The van der Waals surface area contributed by atoms with Crippen LogP contribution in [0.15, 0.2) is 42.9 Å². The van der Waals surface area contributed by atoms with E-state index in [1.165, 1.54) is 30.6 Å². The molecule has 26 heavy (non-hydrogen) atoms. The molecule has 2 aromatic heterocycles. The lowest BCUT2D eigenvalue weighted by Crippen LogP contribution is -2.36. The van der Waals surface area contributed by atoms with Crippen molar-refractivity contribution in [2.45, 2.75) is 12.6 Å². The smallest absolute Gasteiger partial charge is 0.417 e. The summed E-state index contributed by atoms with van der Waals surface area (Å²) in [7, 11) is 0. The molecule has 0 aromatic carbocycles. The SMILES string of the molecule is O=C(c1cc[n+]([O-])cc1)N1CCCN(c2ccc(C(F)(F)F)cn2)CC1. The average Bonchev–Trinajstić information content (AvgIpc) is 2.87. The number of pyridine rings is 2.